The molecular formula is C20H17IN2O6. The number of aliphatic carboxylic acids is 1. The third-order valence-electron chi connectivity index (χ3n) is 3.89. The minimum atomic E-state index is -1.11. The van der Waals surface area contributed by atoms with Crippen LogP contribution in [-0.4, -0.2) is 36.1 Å². The second kappa shape index (κ2) is 8.95. The van der Waals surface area contributed by atoms with E-state index in [2.05, 4.69) is 5.43 Å². The highest BCUT2D eigenvalue weighted by molar-refractivity contribution is 14.1. The third-order valence-corrected chi connectivity index (χ3v) is 4.69. The number of carbonyl (C=O) groups is 3. The molecule has 1 fully saturated rings. The summed E-state index contributed by atoms with van der Waals surface area (Å²) in [7, 11) is 0. The molecule has 1 heterocycles. The molecule has 9 heteroatoms. The molecule has 3 rings (SSSR count). The first-order valence-electron chi connectivity index (χ1n) is 8.63. The molecule has 1 saturated heterocycles. The van der Waals surface area contributed by atoms with Crippen LogP contribution in [0, 0.1) is 3.57 Å². The van der Waals surface area contributed by atoms with Gasteiger partial charge < -0.3 is 14.6 Å². The number of carboxylic acids is 1. The van der Waals surface area contributed by atoms with Crippen molar-refractivity contribution in [3.05, 3.63) is 57.2 Å². The normalized spacial score (nSPS) is 14.8. The number of hydrazine groups is 1. The van der Waals surface area contributed by atoms with Gasteiger partial charge in [0.1, 0.15) is 5.57 Å². The van der Waals surface area contributed by atoms with Crippen molar-refractivity contribution in [2.45, 2.75) is 6.92 Å². The van der Waals surface area contributed by atoms with Gasteiger partial charge in [-0.1, -0.05) is 18.2 Å². The zero-order chi connectivity index (χ0) is 21.0. The lowest BCUT2D eigenvalue weighted by Crippen LogP contribution is -2.35. The third kappa shape index (κ3) is 4.67. The summed E-state index contributed by atoms with van der Waals surface area (Å²) in [5.74, 6) is -1.47. The number of benzene rings is 2. The molecule has 0 radical (unpaired) electrons. The van der Waals surface area contributed by atoms with E-state index in [1.54, 1.807) is 43.3 Å². The van der Waals surface area contributed by atoms with Crippen LogP contribution in [0.5, 0.6) is 11.5 Å². The average Bonchev–Trinajstić information content (AvgIpc) is 2.96. The van der Waals surface area contributed by atoms with Crippen molar-refractivity contribution in [1.82, 2.24) is 5.43 Å². The molecule has 2 N–H and O–H groups in total. The van der Waals surface area contributed by atoms with Gasteiger partial charge in [0.05, 0.1) is 15.9 Å². The monoisotopic (exact) mass is 508 g/mol. The number of rotatable bonds is 7. The molecule has 0 aromatic heterocycles. The fourth-order valence-corrected chi connectivity index (χ4v) is 3.47. The molecule has 2 aromatic rings. The zero-order valence-electron chi connectivity index (χ0n) is 15.3. The van der Waals surface area contributed by atoms with E-state index >= 15 is 0 Å². The van der Waals surface area contributed by atoms with E-state index in [9.17, 15) is 14.4 Å². The van der Waals surface area contributed by atoms with Gasteiger partial charge in [-0.25, -0.2) is 9.80 Å². The van der Waals surface area contributed by atoms with E-state index in [4.69, 9.17) is 14.6 Å². The van der Waals surface area contributed by atoms with Crippen molar-refractivity contribution < 1.29 is 29.0 Å². The van der Waals surface area contributed by atoms with Crippen molar-refractivity contribution >= 4 is 52.1 Å². The lowest BCUT2D eigenvalue weighted by atomic mass is 10.1. The quantitative estimate of drug-likeness (QED) is 0.339. The van der Waals surface area contributed by atoms with E-state index < -0.39 is 24.4 Å². The first-order chi connectivity index (χ1) is 13.9. The van der Waals surface area contributed by atoms with Crippen molar-refractivity contribution in [3.63, 3.8) is 0 Å². The van der Waals surface area contributed by atoms with Gasteiger partial charge in [0, 0.05) is 0 Å². The number of halogens is 1. The molecule has 1 aliphatic rings. The molecule has 0 aliphatic carbocycles. The summed E-state index contributed by atoms with van der Waals surface area (Å²) in [5, 5.41) is 10.0. The standard InChI is InChI=1S/C20H17IN2O6/c1-2-28-16-10-12(9-15(21)18(16)29-11-17(24)25)8-14-19(26)22-23(20(14)27)13-6-4-3-5-7-13/h3-10H,2,11H2,1H3,(H,22,26)(H,24,25)/b14-8-. The first kappa shape index (κ1) is 20.6. The molecule has 0 spiro atoms. The number of anilines is 1. The van der Waals surface area contributed by atoms with E-state index in [1.807, 2.05) is 28.7 Å². The molecule has 8 nitrogen and oxygen atoms in total. The lowest BCUT2D eigenvalue weighted by Gasteiger charge is -2.14. The topological polar surface area (TPSA) is 105 Å². The number of nitrogens with zero attached hydrogens (tertiary/aromatic N) is 1. The highest BCUT2D eigenvalue weighted by atomic mass is 127. The van der Waals surface area contributed by atoms with Crippen LogP contribution in [0.25, 0.3) is 6.08 Å². The maximum atomic E-state index is 12.7. The van der Waals surface area contributed by atoms with Gasteiger partial charge in [0.15, 0.2) is 18.1 Å². The zero-order valence-corrected chi connectivity index (χ0v) is 17.5. The number of hydrogen-bond acceptors (Lipinski definition) is 5. The Morgan fingerprint density at radius 3 is 2.59 bits per heavy atom. The number of para-hydroxylation sites is 1. The smallest absolute Gasteiger partial charge is 0.341 e. The van der Waals surface area contributed by atoms with Crippen LogP contribution >= 0.6 is 22.6 Å². The molecule has 150 valence electrons. The SMILES string of the molecule is CCOc1cc(/C=C2/C(=O)NN(c3ccccc3)C2=O)cc(I)c1OCC(=O)O. The maximum absolute atomic E-state index is 12.7. The fourth-order valence-electron chi connectivity index (χ4n) is 2.69. The molecule has 0 unspecified atom stereocenters. The number of nitrogens with one attached hydrogen (secondary N) is 1. The van der Waals surface area contributed by atoms with Crippen LogP contribution in [0.15, 0.2) is 48.0 Å². The van der Waals surface area contributed by atoms with E-state index in [0.717, 1.165) is 0 Å². The Labute approximate surface area is 180 Å². The Balaban J connectivity index is 1.94. The van der Waals surface area contributed by atoms with Gasteiger partial charge in [-0.05, 0) is 65.4 Å². The largest absolute Gasteiger partial charge is 0.490 e. The van der Waals surface area contributed by atoms with Crippen LogP contribution in [0.4, 0.5) is 5.69 Å². The summed E-state index contributed by atoms with van der Waals surface area (Å²) < 4.78 is 11.5. The summed E-state index contributed by atoms with van der Waals surface area (Å²) in [5.41, 5.74) is 3.62. The summed E-state index contributed by atoms with van der Waals surface area (Å²) in [6.07, 6.45) is 1.46. The van der Waals surface area contributed by atoms with Crippen LogP contribution in [0.1, 0.15) is 12.5 Å². The van der Waals surface area contributed by atoms with Gasteiger partial charge in [0.2, 0.25) is 0 Å². The second-order valence-electron chi connectivity index (χ2n) is 5.92. The molecular weight excluding hydrogens is 491 g/mol. The van der Waals surface area contributed by atoms with Gasteiger partial charge >= 0.3 is 5.97 Å². The Morgan fingerprint density at radius 1 is 1.21 bits per heavy atom. The predicted octanol–water partition coefficient (Wildman–Crippen LogP) is 2.61. The molecule has 0 atom stereocenters. The van der Waals surface area contributed by atoms with Gasteiger partial charge in [0.25, 0.3) is 11.8 Å². The summed E-state index contributed by atoms with van der Waals surface area (Å²) >= 11 is 1.99. The molecule has 1 aliphatic heterocycles. The number of hydrogen-bond donors (Lipinski definition) is 2. The van der Waals surface area contributed by atoms with E-state index in [1.165, 1.54) is 11.1 Å². The average molecular weight is 508 g/mol. The lowest BCUT2D eigenvalue weighted by molar-refractivity contribution is -0.139. The van der Waals surface area contributed by atoms with Gasteiger partial charge in [-0.3, -0.25) is 15.0 Å². The number of carbonyl (C=O) groups excluding carboxylic acids is 2. The molecule has 0 bridgehead atoms. The van der Waals surface area contributed by atoms with Crippen molar-refractivity contribution in [2.24, 2.45) is 0 Å². The number of carboxylic acid groups (broad SMARTS) is 1. The Kier molecular flexibility index (Phi) is 6.37. The number of amides is 2. The minimum absolute atomic E-state index is 0.0219. The molecule has 0 saturated carbocycles. The Bertz CT molecular complexity index is 990. The van der Waals surface area contributed by atoms with Crippen molar-refractivity contribution in [1.29, 1.82) is 0 Å². The fraction of sp³-hybridized carbons (Fsp3) is 0.150. The summed E-state index contributed by atoms with van der Waals surface area (Å²) in [6.45, 7) is 1.61. The molecule has 2 amide bonds. The second-order valence-corrected chi connectivity index (χ2v) is 7.08. The summed E-state index contributed by atoms with van der Waals surface area (Å²) in [6, 6.07) is 12.1. The highest BCUT2D eigenvalue weighted by Gasteiger charge is 2.34. The van der Waals surface area contributed by atoms with Gasteiger partial charge in [-0.15, -0.1) is 0 Å². The van der Waals surface area contributed by atoms with Crippen LogP contribution in [0.3, 0.4) is 0 Å². The molecule has 2 aromatic carbocycles. The van der Waals surface area contributed by atoms with Crippen LogP contribution in [0.2, 0.25) is 0 Å². The predicted molar refractivity (Wildman–Crippen MR) is 114 cm³/mol. The first-order valence-corrected chi connectivity index (χ1v) is 9.71. The van der Waals surface area contributed by atoms with E-state index in [0.29, 0.717) is 32.9 Å². The van der Waals surface area contributed by atoms with Crippen molar-refractivity contribution in [3.8, 4) is 11.5 Å². The minimum Gasteiger partial charge on any atom is -0.490 e. The van der Waals surface area contributed by atoms with Gasteiger partial charge in [-0.2, -0.15) is 0 Å². The molecule has 29 heavy (non-hydrogen) atoms. The van der Waals surface area contributed by atoms with E-state index in [-0.39, 0.29) is 5.57 Å². The van der Waals surface area contributed by atoms with Crippen molar-refractivity contribution in [2.75, 3.05) is 18.2 Å². The maximum Gasteiger partial charge on any atom is 0.341 e. The van der Waals surface area contributed by atoms with Crippen LogP contribution in [-0.2, 0) is 14.4 Å². The Hall–Kier alpha value is -3.08. The number of ether oxygens (including phenoxy) is 2. The highest BCUT2D eigenvalue weighted by Crippen LogP contribution is 2.35. The summed E-state index contributed by atoms with van der Waals surface area (Å²) in [4.78, 5) is 35.9. The Morgan fingerprint density at radius 2 is 1.93 bits per heavy atom. The van der Waals surface area contributed by atoms with Crippen LogP contribution < -0.4 is 19.9 Å².